The number of nitrogens with one attached hydrogen (secondary N) is 1. The Morgan fingerprint density at radius 2 is 1.97 bits per heavy atom. The van der Waals surface area contributed by atoms with Crippen molar-refractivity contribution in [1.82, 2.24) is 15.0 Å². The molecule has 1 aliphatic rings. The van der Waals surface area contributed by atoms with Crippen LogP contribution >= 0.6 is 0 Å². The summed E-state index contributed by atoms with van der Waals surface area (Å²) in [7, 11) is 0. The maximum atomic E-state index is 12.8. The summed E-state index contributed by atoms with van der Waals surface area (Å²) >= 11 is 0. The number of rotatable bonds is 7. The van der Waals surface area contributed by atoms with Crippen molar-refractivity contribution >= 4 is 11.6 Å². The molecule has 1 N–H and O–H groups in total. The van der Waals surface area contributed by atoms with Gasteiger partial charge in [0.1, 0.15) is 5.75 Å². The van der Waals surface area contributed by atoms with Crippen molar-refractivity contribution in [2.75, 3.05) is 25.0 Å². The van der Waals surface area contributed by atoms with Gasteiger partial charge in [0, 0.05) is 17.8 Å². The largest absolute Gasteiger partial charge is 0.494 e. The molecule has 0 bridgehead atoms. The zero-order valence-electron chi connectivity index (χ0n) is 18.0. The van der Waals surface area contributed by atoms with Gasteiger partial charge in [-0.05, 0) is 69.6 Å². The van der Waals surface area contributed by atoms with Gasteiger partial charge >= 0.3 is 0 Å². The third kappa shape index (κ3) is 5.49. The average molecular weight is 421 g/mol. The number of likely N-dealkylation sites (tertiary alicyclic amines) is 1. The van der Waals surface area contributed by atoms with E-state index in [0.717, 1.165) is 36.4 Å². The van der Waals surface area contributed by atoms with Crippen LogP contribution in [0.2, 0.25) is 0 Å². The molecular weight excluding hydrogens is 392 g/mol. The number of amides is 1. The molecule has 2 aromatic carbocycles. The fourth-order valence-electron chi connectivity index (χ4n) is 3.79. The van der Waals surface area contributed by atoms with Crippen LogP contribution in [0.1, 0.15) is 31.2 Å². The fourth-order valence-corrected chi connectivity index (χ4v) is 3.79. The number of ether oxygens (including phenoxy) is 1. The van der Waals surface area contributed by atoms with E-state index in [1.54, 1.807) is 0 Å². The predicted molar refractivity (Wildman–Crippen MR) is 119 cm³/mol. The van der Waals surface area contributed by atoms with Crippen molar-refractivity contribution in [1.29, 1.82) is 0 Å². The summed E-state index contributed by atoms with van der Waals surface area (Å²) in [6, 6.07) is 15.5. The first-order valence-corrected chi connectivity index (χ1v) is 10.8. The van der Waals surface area contributed by atoms with Crippen molar-refractivity contribution in [3.63, 3.8) is 0 Å². The summed E-state index contributed by atoms with van der Waals surface area (Å²) in [6.45, 7) is 6.78. The molecule has 0 saturated carbocycles. The Balaban J connectivity index is 1.33. The van der Waals surface area contributed by atoms with Crippen molar-refractivity contribution < 1.29 is 14.1 Å². The van der Waals surface area contributed by atoms with Gasteiger partial charge in [-0.2, -0.15) is 4.98 Å². The zero-order chi connectivity index (χ0) is 21.6. The Morgan fingerprint density at radius 1 is 1.19 bits per heavy atom. The molecule has 2 heterocycles. The monoisotopic (exact) mass is 420 g/mol. The molecule has 3 aromatic rings. The van der Waals surface area contributed by atoms with E-state index in [2.05, 4.69) is 20.4 Å². The van der Waals surface area contributed by atoms with Crippen LogP contribution in [0.3, 0.4) is 0 Å². The lowest BCUT2D eigenvalue weighted by atomic mass is 9.97. The molecule has 162 valence electrons. The van der Waals surface area contributed by atoms with E-state index in [-0.39, 0.29) is 11.8 Å². The van der Waals surface area contributed by atoms with E-state index >= 15 is 0 Å². The van der Waals surface area contributed by atoms with Gasteiger partial charge in [-0.15, -0.1) is 0 Å². The molecule has 1 saturated heterocycles. The third-order valence-electron chi connectivity index (χ3n) is 5.44. The number of hydrogen-bond donors (Lipinski definition) is 1. The predicted octanol–water partition coefficient (Wildman–Crippen LogP) is 4.29. The summed E-state index contributed by atoms with van der Waals surface area (Å²) in [5.74, 6) is 1.94. The molecule has 1 amide bonds. The van der Waals surface area contributed by atoms with E-state index in [1.807, 2.05) is 62.4 Å². The first-order chi connectivity index (χ1) is 15.1. The highest BCUT2D eigenvalue weighted by atomic mass is 16.5. The summed E-state index contributed by atoms with van der Waals surface area (Å²) in [6.07, 6.45) is 1.84. The molecule has 1 atom stereocenters. The van der Waals surface area contributed by atoms with Gasteiger partial charge in [-0.3, -0.25) is 9.69 Å². The topological polar surface area (TPSA) is 80.5 Å². The van der Waals surface area contributed by atoms with Crippen LogP contribution in [0.25, 0.3) is 11.5 Å². The number of nitrogens with zero attached hydrogens (tertiary/aromatic N) is 3. The summed E-state index contributed by atoms with van der Waals surface area (Å²) in [5.41, 5.74) is 2.88. The number of carbonyl (C=O) groups excluding carboxylic acids is 1. The van der Waals surface area contributed by atoms with E-state index < -0.39 is 0 Å². The number of hydrogen-bond acceptors (Lipinski definition) is 6. The van der Waals surface area contributed by atoms with Gasteiger partial charge in [-0.25, -0.2) is 0 Å². The molecule has 4 rings (SSSR count). The third-order valence-corrected chi connectivity index (χ3v) is 5.44. The Kier molecular flexibility index (Phi) is 6.62. The number of aryl methyl sites for hydroxylation is 1. The zero-order valence-corrected chi connectivity index (χ0v) is 18.0. The number of piperidine rings is 1. The van der Waals surface area contributed by atoms with Gasteiger partial charge in [-0.1, -0.05) is 22.9 Å². The second-order valence-electron chi connectivity index (χ2n) is 7.90. The molecular formula is C24H28N4O3. The quantitative estimate of drug-likeness (QED) is 0.614. The average Bonchev–Trinajstić information content (AvgIpc) is 3.24. The second-order valence-corrected chi connectivity index (χ2v) is 7.90. The van der Waals surface area contributed by atoms with Crippen LogP contribution in [0, 0.1) is 12.8 Å². The molecule has 1 fully saturated rings. The molecule has 0 radical (unpaired) electrons. The Morgan fingerprint density at radius 3 is 2.71 bits per heavy atom. The van der Waals surface area contributed by atoms with Crippen LogP contribution < -0.4 is 10.1 Å². The first-order valence-electron chi connectivity index (χ1n) is 10.8. The minimum atomic E-state index is -0.0659. The standard InChI is InChI=1S/C24H28N4O3/c1-3-30-21-12-10-20(11-13-21)25-23(29)19-5-4-14-28(15-19)16-22-26-24(31-27-22)18-8-6-17(2)7-9-18/h6-13,19H,3-5,14-16H2,1-2H3,(H,25,29)/t19-/m1/s1. The van der Waals surface area contributed by atoms with E-state index in [1.165, 1.54) is 5.56 Å². The van der Waals surface area contributed by atoms with Gasteiger partial charge < -0.3 is 14.6 Å². The molecule has 0 aliphatic carbocycles. The fraction of sp³-hybridized carbons (Fsp3) is 0.375. The maximum Gasteiger partial charge on any atom is 0.257 e. The Labute approximate surface area is 182 Å². The maximum absolute atomic E-state index is 12.8. The Bertz CT molecular complexity index is 998. The second kappa shape index (κ2) is 9.75. The molecule has 0 spiro atoms. The lowest BCUT2D eigenvalue weighted by Gasteiger charge is -2.31. The summed E-state index contributed by atoms with van der Waals surface area (Å²) in [4.78, 5) is 19.5. The summed E-state index contributed by atoms with van der Waals surface area (Å²) in [5, 5.41) is 7.15. The molecule has 31 heavy (non-hydrogen) atoms. The van der Waals surface area contributed by atoms with Gasteiger partial charge in [0.2, 0.25) is 5.91 Å². The lowest BCUT2D eigenvalue weighted by Crippen LogP contribution is -2.40. The van der Waals surface area contributed by atoms with Crippen molar-refractivity contribution in [2.45, 2.75) is 33.2 Å². The van der Waals surface area contributed by atoms with Crippen molar-refractivity contribution in [3.8, 4) is 17.2 Å². The molecule has 7 heteroatoms. The van der Waals surface area contributed by atoms with Crippen LogP contribution in [-0.2, 0) is 11.3 Å². The number of carbonyl (C=O) groups is 1. The van der Waals surface area contributed by atoms with Crippen LogP contribution in [-0.4, -0.2) is 40.6 Å². The number of benzene rings is 2. The number of aromatic nitrogens is 2. The van der Waals surface area contributed by atoms with Crippen LogP contribution in [0.5, 0.6) is 5.75 Å². The van der Waals surface area contributed by atoms with Gasteiger partial charge in [0.15, 0.2) is 5.82 Å². The molecule has 1 aromatic heterocycles. The normalized spacial score (nSPS) is 16.8. The molecule has 1 aliphatic heterocycles. The van der Waals surface area contributed by atoms with E-state index in [4.69, 9.17) is 9.26 Å². The summed E-state index contributed by atoms with van der Waals surface area (Å²) < 4.78 is 10.9. The number of anilines is 1. The van der Waals surface area contributed by atoms with Gasteiger partial charge in [0.05, 0.1) is 19.1 Å². The lowest BCUT2D eigenvalue weighted by molar-refractivity contribution is -0.121. The van der Waals surface area contributed by atoms with Crippen molar-refractivity contribution in [3.05, 3.63) is 59.9 Å². The highest BCUT2D eigenvalue weighted by Gasteiger charge is 2.27. The first kappa shape index (κ1) is 21.1. The van der Waals surface area contributed by atoms with E-state index in [9.17, 15) is 4.79 Å². The van der Waals surface area contributed by atoms with Crippen LogP contribution in [0.4, 0.5) is 5.69 Å². The van der Waals surface area contributed by atoms with Gasteiger partial charge in [0.25, 0.3) is 5.89 Å². The smallest absolute Gasteiger partial charge is 0.257 e. The minimum absolute atomic E-state index is 0.0438. The van der Waals surface area contributed by atoms with Crippen molar-refractivity contribution in [2.24, 2.45) is 5.92 Å². The molecule has 7 nitrogen and oxygen atoms in total. The highest BCUT2D eigenvalue weighted by Crippen LogP contribution is 2.23. The van der Waals surface area contributed by atoms with Crippen LogP contribution in [0.15, 0.2) is 53.1 Å². The molecule has 0 unspecified atom stereocenters. The van der Waals surface area contributed by atoms with E-state index in [0.29, 0.717) is 31.4 Å². The minimum Gasteiger partial charge on any atom is -0.494 e. The Hall–Kier alpha value is -3.19. The SMILES string of the molecule is CCOc1ccc(NC(=O)[C@@H]2CCCN(Cc3noc(-c4ccc(C)cc4)n3)C2)cc1. The highest BCUT2D eigenvalue weighted by molar-refractivity contribution is 5.92.